The van der Waals surface area contributed by atoms with Crippen molar-refractivity contribution < 1.29 is 9.53 Å². The molecule has 0 unspecified atom stereocenters. The highest BCUT2D eigenvalue weighted by molar-refractivity contribution is 5.98. The molecule has 2 aromatic carbocycles. The number of benzene rings is 2. The number of rotatable bonds is 6. The van der Waals surface area contributed by atoms with Crippen LogP contribution in [-0.4, -0.2) is 39.7 Å². The summed E-state index contributed by atoms with van der Waals surface area (Å²) in [7, 11) is 1.91. The van der Waals surface area contributed by atoms with E-state index in [0.717, 1.165) is 59.3 Å². The number of piperidine rings is 1. The lowest BCUT2D eigenvalue weighted by Gasteiger charge is -2.24. The molecule has 1 aliphatic heterocycles. The number of Topliss-reactive ketones (excluding diaryl/α,β-unsaturated/α-hetero) is 1. The molecule has 2 aromatic heterocycles. The van der Waals surface area contributed by atoms with Crippen molar-refractivity contribution in [2.75, 3.05) is 13.1 Å². The van der Waals surface area contributed by atoms with Gasteiger partial charge in [-0.1, -0.05) is 24.3 Å². The molecule has 1 saturated heterocycles. The fraction of sp³-hybridized carbons (Fsp3) is 0.269. The Morgan fingerprint density at radius 1 is 1.06 bits per heavy atom. The van der Waals surface area contributed by atoms with Gasteiger partial charge in [-0.25, -0.2) is 0 Å². The Morgan fingerprint density at radius 2 is 1.94 bits per heavy atom. The van der Waals surface area contributed by atoms with Crippen LogP contribution in [0.5, 0.6) is 5.75 Å². The summed E-state index contributed by atoms with van der Waals surface area (Å²) in [6.07, 6.45) is 8.11. The first-order valence-corrected chi connectivity index (χ1v) is 11.0. The summed E-state index contributed by atoms with van der Waals surface area (Å²) < 4.78 is 7.89. The van der Waals surface area contributed by atoms with Gasteiger partial charge >= 0.3 is 0 Å². The molecule has 32 heavy (non-hydrogen) atoms. The first-order chi connectivity index (χ1) is 15.6. The SMILES string of the molecule is Cn1cc(-c2ccc3cnc(CC(=O)c4cccc(OC5CCNCC5)c4)cc3c2)cn1. The summed E-state index contributed by atoms with van der Waals surface area (Å²) >= 11 is 0. The Kier molecular flexibility index (Phi) is 5.69. The summed E-state index contributed by atoms with van der Waals surface area (Å²) in [6, 6.07) is 15.8. The van der Waals surface area contributed by atoms with E-state index in [1.165, 1.54) is 0 Å². The first-order valence-electron chi connectivity index (χ1n) is 11.0. The molecule has 1 N–H and O–H groups in total. The molecule has 1 fully saturated rings. The lowest BCUT2D eigenvalue weighted by Crippen LogP contribution is -2.34. The third kappa shape index (κ3) is 4.55. The number of aromatic nitrogens is 3. The van der Waals surface area contributed by atoms with Gasteiger partial charge in [-0.2, -0.15) is 5.10 Å². The fourth-order valence-corrected chi connectivity index (χ4v) is 4.15. The maximum atomic E-state index is 13.0. The van der Waals surface area contributed by atoms with Gasteiger partial charge < -0.3 is 10.1 Å². The Balaban J connectivity index is 1.33. The molecule has 0 saturated carbocycles. The topological polar surface area (TPSA) is 69.0 Å². The Hall–Kier alpha value is -3.51. The molecule has 6 nitrogen and oxygen atoms in total. The van der Waals surface area contributed by atoms with Crippen LogP contribution in [-0.2, 0) is 13.5 Å². The van der Waals surface area contributed by atoms with Crippen molar-refractivity contribution in [1.29, 1.82) is 0 Å². The van der Waals surface area contributed by atoms with Gasteiger partial charge in [0.1, 0.15) is 11.9 Å². The van der Waals surface area contributed by atoms with Gasteiger partial charge in [-0.3, -0.25) is 14.5 Å². The van der Waals surface area contributed by atoms with Crippen LogP contribution in [0, 0.1) is 0 Å². The van der Waals surface area contributed by atoms with E-state index >= 15 is 0 Å². The van der Waals surface area contributed by atoms with Crippen molar-refractivity contribution >= 4 is 16.6 Å². The zero-order chi connectivity index (χ0) is 21.9. The third-order valence-electron chi connectivity index (χ3n) is 5.90. The molecule has 0 bridgehead atoms. The number of nitrogens with zero attached hydrogens (tertiary/aromatic N) is 3. The highest BCUT2D eigenvalue weighted by Gasteiger charge is 2.16. The average molecular weight is 427 g/mol. The number of fused-ring (bicyclic) bond motifs is 1. The van der Waals surface area contributed by atoms with Crippen LogP contribution in [0.4, 0.5) is 0 Å². The quantitative estimate of drug-likeness (QED) is 0.468. The van der Waals surface area contributed by atoms with Crippen LogP contribution in [0.1, 0.15) is 28.9 Å². The van der Waals surface area contributed by atoms with Crippen molar-refractivity contribution in [2.45, 2.75) is 25.4 Å². The zero-order valence-electron chi connectivity index (χ0n) is 18.1. The van der Waals surface area contributed by atoms with Crippen LogP contribution < -0.4 is 10.1 Å². The molecule has 1 aliphatic rings. The molecule has 0 aliphatic carbocycles. The lowest BCUT2D eigenvalue weighted by atomic mass is 10.0. The van der Waals surface area contributed by atoms with Gasteiger partial charge in [-0.15, -0.1) is 0 Å². The molecule has 3 heterocycles. The maximum Gasteiger partial charge on any atom is 0.168 e. The lowest BCUT2D eigenvalue weighted by molar-refractivity contribution is 0.0990. The Bertz CT molecular complexity index is 1260. The largest absolute Gasteiger partial charge is 0.490 e. The van der Waals surface area contributed by atoms with Gasteiger partial charge in [0.25, 0.3) is 0 Å². The standard InChI is InChI=1S/C26H26N4O2/c1-30-17-22(16-29-30)18-5-6-20-15-28-23(12-21(20)11-18)14-26(31)19-3-2-4-25(13-19)32-24-7-9-27-10-8-24/h2-6,11-13,15-17,24,27H,7-10,14H2,1H3. The minimum atomic E-state index is 0.0380. The summed E-state index contributed by atoms with van der Waals surface area (Å²) in [5.74, 6) is 0.798. The van der Waals surface area contributed by atoms with Crippen molar-refractivity contribution in [2.24, 2.45) is 7.05 Å². The van der Waals surface area contributed by atoms with Crippen molar-refractivity contribution in [1.82, 2.24) is 20.1 Å². The predicted octanol–water partition coefficient (Wildman–Crippen LogP) is 4.19. The smallest absolute Gasteiger partial charge is 0.168 e. The van der Waals surface area contributed by atoms with Crippen LogP contribution in [0.2, 0.25) is 0 Å². The van der Waals surface area contributed by atoms with Crippen molar-refractivity contribution in [3.8, 4) is 16.9 Å². The molecule has 5 rings (SSSR count). The third-order valence-corrected chi connectivity index (χ3v) is 5.90. The molecule has 0 amide bonds. The second-order valence-electron chi connectivity index (χ2n) is 8.34. The minimum absolute atomic E-state index is 0.0380. The van der Waals surface area contributed by atoms with Crippen LogP contribution in [0.15, 0.2) is 67.1 Å². The van der Waals surface area contributed by atoms with E-state index in [1.54, 1.807) is 4.68 Å². The van der Waals surface area contributed by atoms with E-state index in [2.05, 4.69) is 33.6 Å². The molecule has 0 atom stereocenters. The van der Waals surface area contributed by atoms with Gasteiger partial charge in [-0.05, 0) is 61.1 Å². The molecular weight excluding hydrogens is 400 g/mol. The Labute approximate surface area is 187 Å². The maximum absolute atomic E-state index is 13.0. The number of carbonyl (C=O) groups excluding carboxylic acids is 1. The van der Waals surface area contributed by atoms with E-state index in [-0.39, 0.29) is 18.3 Å². The number of carbonyl (C=O) groups is 1. The molecular formula is C26H26N4O2. The molecule has 4 aromatic rings. The van der Waals surface area contributed by atoms with Gasteiger partial charge in [0.2, 0.25) is 0 Å². The summed E-state index contributed by atoms with van der Waals surface area (Å²) in [5, 5.41) is 9.70. The molecule has 0 spiro atoms. The summed E-state index contributed by atoms with van der Waals surface area (Å²) in [4.78, 5) is 17.5. The Morgan fingerprint density at radius 3 is 2.75 bits per heavy atom. The second kappa shape index (κ2) is 8.93. The average Bonchev–Trinajstić information content (AvgIpc) is 3.26. The normalized spacial score (nSPS) is 14.5. The van der Waals surface area contributed by atoms with E-state index in [4.69, 9.17) is 4.74 Å². The van der Waals surface area contributed by atoms with E-state index in [0.29, 0.717) is 5.56 Å². The second-order valence-corrected chi connectivity index (χ2v) is 8.34. The fourth-order valence-electron chi connectivity index (χ4n) is 4.15. The van der Waals surface area contributed by atoms with Crippen molar-refractivity contribution in [3.63, 3.8) is 0 Å². The van der Waals surface area contributed by atoms with Crippen molar-refractivity contribution in [3.05, 3.63) is 78.4 Å². The zero-order valence-corrected chi connectivity index (χ0v) is 18.1. The predicted molar refractivity (Wildman–Crippen MR) is 125 cm³/mol. The van der Waals surface area contributed by atoms with Crippen LogP contribution in [0.25, 0.3) is 21.9 Å². The molecule has 6 heteroatoms. The number of aryl methyl sites for hydroxylation is 1. The number of ketones is 1. The number of ether oxygens (including phenoxy) is 1. The number of hydrogen-bond acceptors (Lipinski definition) is 5. The molecule has 162 valence electrons. The van der Waals surface area contributed by atoms with E-state index < -0.39 is 0 Å². The minimum Gasteiger partial charge on any atom is -0.490 e. The van der Waals surface area contributed by atoms with Gasteiger partial charge in [0, 0.05) is 41.6 Å². The number of hydrogen-bond donors (Lipinski definition) is 1. The first kappa shape index (κ1) is 20.4. The van der Waals surface area contributed by atoms with Crippen LogP contribution in [0.3, 0.4) is 0 Å². The summed E-state index contributed by atoms with van der Waals surface area (Å²) in [6.45, 7) is 1.94. The monoisotopic (exact) mass is 426 g/mol. The van der Waals surface area contributed by atoms with Gasteiger partial charge in [0.15, 0.2) is 5.78 Å². The number of pyridine rings is 1. The highest BCUT2D eigenvalue weighted by atomic mass is 16.5. The van der Waals surface area contributed by atoms with Gasteiger partial charge in [0.05, 0.1) is 12.6 Å². The van der Waals surface area contributed by atoms with E-state index in [1.807, 2.05) is 56.0 Å². The molecule has 0 radical (unpaired) electrons. The van der Waals surface area contributed by atoms with E-state index in [9.17, 15) is 4.79 Å². The summed E-state index contributed by atoms with van der Waals surface area (Å²) in [5.41, 5.74) is 3.57. The number of nitrogens with one attached hydrogen (secondary N) is 1. The highest BCUT2D eigenvalue weighted by Crippen LogP contribution is 2.25. The van der Waals surface area contributed by atoms with Crippen LogP contribution >= 0.6 is 0 Å².